The second-order valence-corrected chi connectivity index (χ2v) is 6.11. The number of nitrogens with zero attached hydrogens (tertiary/aromatic N) is 2. The molecule has 2 rings (SSSR count). The molecule has 1 saturated heterocycles. The summed E-state index contributed by atoms with van der Waals surface area (Å²) >= 11 is 3.52. The van der Waals surface area contributed by atoms with Crippen molar-refractivity contribution >= 4 is 21.7 Å². The summed E-state index contributed by atoms with van der Waals surface area (Å²) in [5, 5.41) is 1.08. The molecule has 2 heterocycles. The van der Waals surface area contributed by atoms with Crippen LogP contribution in [0.25, 0.3) is 0 Å². The molecule has 106 valence electrons. The highest BCUT2D eigenvalue weighted by atomic mass is 79.9. The van der Waals surface area contributed by atoms with E-state index in [-0.39, 0.29) is 6.10 Å². The lowest BCUT2D eigenvalue weighted by Gasteiger charge is -2.27. The van der Waals surface area contributed by atoms with Gasteiger partial charge in [-0.15, -0.1) is 0 Å². The lowest BCUT2D eigenvalue weighted by Crippen LogP contribution is -2.30. The number of pyridine rings is 1. The largest absolute Gasteiger partial charge is 0.487 e. The molecule has 0 aromatic carbocycles. The van der Waals surface area contributed by atoms with E-state index in [1.165, 1.54) is 25.7 Å². The van der Waals surface area contributed by atoms with E-state index >= 15 is 0 Å². The first-order chi connectivity index (χ1) is 9.22. The van der Waals surface area contributed by atoms with Crippen molar-refractivity contribution in [2.24, 2.45) is 0 Å². The smallest absolute Gasteiger partial charge is 0.171 e. The third-order valence-electron chi connectivity index (χ3n) is 3.43. The molecule has 0 bridgehead atoms. The van der Waals surface area contributed by atoms with Crippen LogP contribution in [0.3, 0.4) is 0 Å². The molecule has 0 N–H and O–H groups in total. The van der Waals surface area contributed by atoms with Gasteiger partial charge < -0.3 is 9.64 Å². The van der Waals surface area contributed by atoms with Crippen molar-refractivity contribution in [3.8, 4) is 5.75 Å². The first-order valence-corrected chi connectivity index (χ1v) is 8.28. The summed E-state index contributed by atoms with van der Waals surface area (Å²) in [7, 11) is 0. The summed E-state index contributed by atoms with van der Waals surface area (Å²) in [6, 6.07) is 4.59. The number of ether oxygens (including phenoxy) is 1. The van der Waals surface area contributed by atoms with Crippen LogP contribution in [0.2, 0.25) is 0 Å². The van der Waals surface area contributed by atoms with Gasteiger partial charge in [0.2, 0.25) is 0 Å². The molecule has 0 spiro atoms. The molecular formula is C15H23BrN2O. The maximum absolute atomic E-state index is 5.90. The predicted octanol–water partition coefficient (Wildman–Crippen LogP) is 4.01. The molecule has 1 aliphatic rings. The van der Waals surface area contributed by atoms with E-state index in [4.69, 9.17) is 4.74 Å². The minimum atomic E-state index is 0.187. The zero-order valence-electron chi connectivity index (χ0n) is 11.8. The average Bonchev–Trinajstić information content (AvgIpc) is 2.84. The molecule has 1 aromatic heterocycles. The van der Waals surface area contributed by atoms with E-state index in [0.717, 1.165) is 23.4 Å². The molecule has 1 fully saturated rings. The van der Waals surface area contributed by atoms with Crippen LogP contribution in [0, 0.1) is 0 Å². The van der Waals surface area contributed by atoms with Crippen LogP contribution >= 0.6 is 15.9 Å². The van der Waals surface area contributed by atoms with Gasteiger partial charge in [-0.05, 0) is 51.7 Å². The number of hydrogen-bond acceptors (Lipinski definition) is 3. The first kappa shape index (κ1) is 14.6. The number of anilines is 1. The first-order valence-electron chi connectivity index (χ1n) is 7.16. The van der Waals surface area contributed by atoms with Crippen molar-refractivity contribution in [3.05, 3.63) is 18.3 Å². The van der Waals surface area contributed by atoms with Crippen LogP contribution in [0.1, 0.15) is 39.5 Å². The van der Waals surface area contributed by atoms with Crippen molar-refractivity contribution in [3.63, 3.8) is 0 Å². The topological polar surface area (TPSA) is 25.4 Å². The third-order valence-corrected chi connectivity index (χ3v) is 3.99. The summed E-state index contributed by atoms with van der Waals surface area (Å²) in [5.41, 5.74) is 0. The number of alkyl halides is 1. The van der Waals surface area contributed by atoms with Gasteiger partial charge in [0.15, 0.2) is 11.6 Å². The maximum Gasteiger partial charge on any atom is 0.171 e. The lowest BCUT2D eigenvalue weighted by molar-refractivity contribution is 0.241. The van der Waals surface area contributed by atoms with Crippen molar-refractivity contribution in [1.82, 2.24) is 4.98 Å². The normalized spacial score (nSPS) is 19.2. The van der Waals surface area contributed by atoms with Crippen molar-refractivity contribution in [1.29, 1.82) is 0 Å². The van der Waals surface area contributed by atoms with Gasteiger partial charge in [-0.3, -0.25) is 0 Å². The predicted molar refractivity (Wildman–Crippen MR) is 83.4 cm³/mol. The van der Waals surface area contributed by atoms with Gasteiger partial charge in [-0.25, -0.2) is 4.98 Å². The number of rotatable bonds is 6. The SMILES string of the molecule is CC(C)Oc1cccnc1N1CCCC1CCCBr. The molecule has 3 nitrogen and oxygen atoms in total. The minimum absolute atomic E-state index is 0.187. The highest BCUT2D eigenvalue weighted by Gasteiger charge is 2.27. The summed E-state index contributed by atoms with van der Waals surface area (Å²) in [6.07, 6.45) is 7.02. The molecule has 0 amide bonds. The van der Waals surface area contributed by atoms with Crippen LogP contribution in [0.5, 0.6) is 5.75 Å². The summed E-state index contributed by atoms with van der Waals surface area (Å²) in [4.78, 5) is 6.99. The van der Waals surface area contributed by atoms with E-state index in [2.05, 4.69) is 39.7 Å². The minimum Gasteiger partial charge on any atom is -0.487 e. The van der Waals surface area contributed by atoms with Crippen molar-refractivity contribution < 1.29 is 4.74 Å². The number of halogens is 1. The van der Waals surface area contributed by atoms with Crippen LogP contribution < -0.4 is 9.64 Å². The number of aromatic nitrogens is 1. The molecule has 1 aliphatic heterocycles. The third kappa shape index (κ3) is 3.85. The Morgan fingerprint density at radius 2 is 2.37 bits per heavy atom. The Morgan fingerprint density at radius 1 is 1.53 bits per heavy atom. The Labute approximate surface area is 124 Å². The fourth-order valence-corrected chi connectivity index (χ4v) is 3.00. The molecule has 1 atom stereocenters. The Bertz CT molecular complexity index is 397. The van der Waals surface area contributed by atoms with Crippen LogP contribution in [-0.2, 0) is 0 Å². The second-order valence-electron chi connectivity index (χ2n) is 5.31. The maximum atomic E-state index is 5.90. The Kier molecular flexibility index (Phi) is 5.49. The Hall–Kier alpha value is -0.770. The highest BCUT2D eigenvalue weighted by Crippen LogP contribution is 2.33. The monoisotopic (exact) mass is 326 g/mol. The molecular weight excluding hydrogens is 304 g/mol. The van der Waals surface area contributed by atoms with Gasteiger partial charge in [0.1, 0.15) is 0 Å². The van der Waals surface area contributed by atoms with E-state index in [1.807, 2.05) is 18.3 Å². The molecule has 0 saturated carbocycles. The van der Waals surface area contributed by atoms with Gasteiger partial charge in [-0.2, -0.15) is 0 Å². The van der Waals surface area contributed by atoms with Crippen molar-refractivity contribution in [2.45, 2.75) is 51.7 Å². The highest BCUT2D eigenvalue weighted by molar-refractivity contribution is 9.09. The van der Waals surface area contributed by atoms with Crippen LogP contribution in [-0.4, -0.2) is 29.0 Å². The average molecular weight is 327 g/mol. The summed E-state index contributed by atoms with van der Waals surface area (Å²) in [6.45, 7) is 5.21. The Morgan fingerprint density at radius 3 is 3.11 bits per heavy atom. The van der Waals surface area contributed by atoms with Gasteiger partial charge in [0, 0.05) is 24.1 Å². The summed E-state index contributed by atoms with van der Waals surface area (Å²) in [5.74, 6) is 1.94. The van der Waals surface area contributed by atoms with Gasteiger partial charge in [0.05, 0.1) is 6.10 Å². The Balaban J connectivity index is 2.15. The van der Waals surface area contributed by atoms with Gasteiger partial charge >= 0.3 is 0 Å². The lowest BCUT2D eigenvalue weighted by atomic mass is 10.1. The van der Waals surface area contributed by atoms with Crippen LogP contribution in [0.4, 0.5) is 5.82 Å². The van der Waals surface area contributed by atoms with E-state index in [0.29, 0.717) is 6.04 Å². The van der Waals surface area contributed by atoms with E-state index in [9.17, 15) is 0 Å². The fraction of sp³-hybridized carbons (Fsp3) is 0.667. The van der Waals surface area contributed by atoms with Crippen molar-refractivity contribution in [2.75, 3.05) is 16.8 Å². The zero-order valence-corrected chi connectivity index (χ0v) is 13.4. The fourth-order valence-electron chi connectivity index (χ4n) is 2.67. The molecule has 0 radical (unpaired) electrons. The van der Waals surface area contributed by atoms with E-state index in [1.54, 1.807) is 0 Å². The van der Waals surface area contributed by atoms with Gasteiger partial charge in [0.25, 0.3) is 0 Å². The molecule has 0 aliphatic carbocycles. The molecule has 1 aromatic rings. The number of hydrogen-bond donors (Lipinski definition) is 0. The van der Waals surface area contributed by atoms with E-state index < -0.39 is 0 Å². The molecule has 4 heteroatoms. The standard InChI is InChI=1S/C15H23BrN2O/c1-12(2)19-14-8-4-10-17-15(14)18-11-5-7-13(18)6-3-9-16/h4,8,10,12-13H,3,5-7,9,11H2,1-2H3. The quantitative estimate of drug-likeness (QED) is 0.738. The van der Waals surface area contributed by atoms with Gasteiger partial charge in [-0.1, -0.05) is 15.9 Å². The van der Waals surface area contributed by atoms with Crippen LogP contribution in [0.15, 0.2) is 18.3 Å². The second kappa shape index (κ2) is 7.13. The summed E-state index contributed by atoms with van der Waals surface area (Å²) < 4.78 is 5.90. The molecule has 1 unspecified atom stereocenters. The molecule has 19 heavy (non-hydrogen) atoms. The zero-order chi connectivity index (χ0) is 13.7.